The van der Waals surface area contributed by atoms with Crippen LogP contribution in [0.15, 0.2) is 36.9 Å². The minimum atomic E-state index is 0.256. The van der Waals surface area contributed by atoms with Gasteiger partial charge in [-0.25, -0.2) is 4.98 Å². The lowest BCUT2D eigenvalue weighted by Gasteiger charge is -2.34. The van der Waals surface area contributed by atoms with Crippen molar-refractivity contribution in [3.63, 3.8) is 0 Å². The highest BCUT2D eigenvalue weighted by Crippen LogP contribution is 2.32. The molecule has 2 aromatic heterocycles. The Kier molecular flexibility index (Phi) is 3.83. The van der Waals surface area contributed by atoms with E-state index in [1.54, 1.807) is 0 Å². The minimum absolute atomic E-state index is 0.256. The fourth-order valence-corrected chi connectivity index (χ4v) is 3.02. The molecule has 0 saturated carbocycles. The third-order valence-electron chi connectivity index (χ3n) is 4.37. The smallest absolute Gasteiger partial charge is 0.0948 e. The summed E-state index contributed by atoms with van der Waals surface area (Å²) >= 11 is 0. The third-order valence-corrected chi connectivity index (χ3v) is 4.37. The molecule has 1 saturated heterocycles. The van der Waals surface area contributed by atoms with Gasteiger partial charge in [0.05, 0.1) is 6.33 Å². The molecule has 1 fully saturated rings. The molecule has 0 aromatic carbocycles. The van der Waals surface area contributed by atoms with Crippen molar-refractivity contribution < 1.29 is 0 Å². The van der Waals surface area contributed by atoms with Crippen molar-refractivity contribution in [2.24, 2.45) is 0 Å². The number of hydrogen-bond donors (Lipinski definition) is 1. The van der Waals surface area contributed by atoms with Crippen LogP contribution in [0.3, 0.4) is 0 Å². The summed E-state index contributed by atoms with van der Waals surface area (Å²) in [5.41, 5.74) is 2.77. The Balaban J connectivity index is 1.73. The number of rotatable bonds is 4. The van der Waals surface area contributed by atoms with Crippen molar-refractivity contribution in [2.45, 2.75) is 38.1 Å². The predicted molar refractivity (Wildman–Crippen MR) is 79.6 cm³/mol. The van der Waals surface area contributed by atoms with Crippen molar-refractivity contribution in [3.05, 3.63) is 48.3 Å². The average molecular weight is 270 g/mol. The molecule has 1 aliphatic heterocycles. The van der Waals surface area contributed by atoms with E-state index >= 15 is 0 Å². The molecule has 1 N–H and O–H groups in total. The SMILES string of the molecule is CC1(c2cncn2CCc2ccccn2)CCNCC1. The summed E-state index contributed by atoms with van der Waals surface area (Å²) in [5, 5.41) is 3.44. The molecule has 4 heteroatoms. The number of piperidine rings is 1. The topological polar surface area (TPSA) is 42.7 Å². The lowest BCUT2D eigenvalue weighted by Crippen LogP contribution is -2.39. The van der Waals surface area contributed by atoms with Gasteiger partial charge in [-0.3, -0.25) is 4.98 Å². The van der Waals surface area contributed by atoms with E-state index in [1.165, 1.54) is 18.5 Å². The van der Waals surface area contributed by atoms with Crippen LogP contribution in [0.1, 0.15) is 31.2 Å². The van der Waals surface area contributed by atoms with E-state index in [2.05, 4.69) is 32.8 Å². The van der Waals surface area contributed by atoms with Crippen molar-refractivity contribution in [1.29, 1.82) is 0 Å². The number of aromatic nitrogens is 3. The van der Waals surface area contributed by atoms with E-state index in [0.29, 0.717) is 0 Å². The van der Waals surface area contributed by atoms with E-state index in [1.807, 2.05) is 30.9 Å². The van der Waals surface area contributed by atoms with E-state index in [0.717, 1.165) is 31.7 Å². The highest BCUT2D eigenvalue weighted by Gasteiger charge is 2.31. The first kappa shape index (κ1) is 13.3. The molecular formula is C16H22N4. The van der Waals surface area contributed by atoms with Gasteiger partial charge in [0.2, 0.25) is 0 Å². The van der Waals surface area contributed by atoms with Crippen LogP contribution in [0.2, 0.25) is 0 Å². The molecule has 4 nitrogen and oxygen atoms in total. The number of nitrogens with one attached hydrogen (secondary N) is 1. The van der Waals surface area contributed by atoms with Crippen LogP contribution >= 0.6 is 0 Å². The fourth-order valence-electron chi connectivity index (χ4n) is 3.02. The molecule has 0 spiro atoms. The molecule has 1 aliphatic rings. The van der Waals surface area contributed by atoms with Gasteiger partial charge in [-0.15, -0.1) is 0 Å². The number of nitrogens with zero attached hydrogens (tertiary/aromatic N) is 3. The van der Waals surface area contributed by atoms with Gasteiger partial charge >= 0.3 is 0 Å². The van der Waals surface area contributed by atoms with Gasteiger partial charge in [0, 0.05) is 42.2 Å². The quantitative estimate of drug-likeness (QED) is 0.926. The monoisotopic (exact) mass is 270 g/mol. The second kappa shape index (κ2) is 5.75. The summed E-state index contributed by atoms with van der Waals surface area (Å²) in [5.74, 6) is 0. The van der Waals surface area contributed by atoms with Crippen LogP contribution in [-0.4, -0.2) is 27.6 Å². The van der Waals surface area contributed by atoms with E-state index < -0.39 is 0 Å². The highest BCUT2D eigenvalue weighted by atomic mass is 15.1. The summed E-state index contributed by atoms with van der Waals surface area (Å²) in [6.45, 7) is 5.52. The zero-order chi connectivity index (χ0) is 13.8. The van der Waals surface area contributed by atoms with E-state index in [9.17, 15) is 0 Å². The Morgan fingerprint density at radius 1 is 1.30 bits per heavy atom. The lowest BCUT2D eigenvalue weighted by molar-refractivity contribution is 0.316. The van der Waals surface area contributed by atoms with Crippen LogP contribution in [0.5, 0.6) is 0 Å². The number of pyridine rings is 1. The lowest BCUT2D eigenvalue weighted by atomic mass is 9.78. The van der Waals surface area contributed by atoms with Gasteiger partial charge in [0.25, 0.3) is 0 Å². The third kappa shape index (κ3) is 2.75. The van der Waals surface area contributed by atoms with Crippen molar-refractivity contribution >= 4 is 0 Å². The van der Waals surface area contributed by atoms with Gasteiger partial charge in [0.15, 0.2) is 0 Å². The molecule has 2 aromatic rings. The van der Waals surface area contributed by atoms with Crippen LogP contribution in [0, 0.1) is 0 Å². The predicted octanol–water partition coefficient (Wildman–Crippen LogP) is 2.16. The molecule has 0 amide bonds. The largest absolute Gasteiger partial charge is 0.334 e. The molecule has 3 heterocycles. The fraction of sp³-hybridized carbons (Fsp3) is 0.500. The first-order chi connectivity index (χ1) is 9.78. The number of hydrogen-bond acceptors (Lipinski definition) is 3. The second-order valence-corrected chi connectivity index (χ2v) is 5.85. The zero-order valence-electron chi connectivity index (χ0n) is 12.0. The van der Waals surface area contributed by atoms with Gasteiger partial charge in [-0.1, -0.05) is 13.0 Å². The van der Waals surface area contributed by atoms with E-state index in [4.69, 9.17) is 0 Å². The standard InChI is InChI=1S/C16H22N4/c1-16(6-9-17-10-7-16)15-12-18-13-20(15)11-5-14-4-2-3-8-19-14/h2-4,8,12-13,17H,5-7,9-11H2,1H3. The van der Waals surface area contributed by atoms with Crippen LogP contribution in [0.4, 0.5) is 0 Å². The first-order valence-electron chi connectivity index (χ1n) is 7.39. The van der Waals surface area contributed by atoms with Gasteiger partial charge in [0.1, 0.15) is 0 Å². The Bertz CT molecular complexity index is 541. The van der Waals surface area contributed by atoms with Crippen LogP contribution in [-0.2, 0) is 18.4 Å². The summed E-state index contributed by atoms with van der Waals surface area (Å²) in [4.78, 5) is 8.77. The minimum Gasteiger partial charge on any atom is -0.334 e. The Morgan fingerprint density at radius 3 is 2.90 bits per heavy atom. The summed E-state index contributed by atoms with van der Waals surface area (Å²) < 4.78 is 2.31. The Morgan fingerprint density at radius 2 is 2.15 bits per heavy atom. The molecule has 0 radical (unpaired) electrons. The normalized spacial score (nSPS) is 18.1. The molecular weight excluding hydrogens is 248 g/mol. The van der Waals surface area contributed by atoms with Crippen molar-refractivity contribution in [1.82, 2.24) is 19.9 Å². The van der Waals surface area contributed by atoms with Gasteiger partial charge in [-0.2, -0.15) is 0 Å². The zero-order valence-corrected chi connectivity index (χ0v) is 12.0. The molecule has 0 atom stereocenters. The van der Waals surface area contributed by atoms with Crippen LogP contribution in [0.25, 0.3) is 0 Å². The van der Waals surface area contributed by atoms with Crippen molar-refractivity contribution in [2.75, 3.05) is 13.1 Å². The molecule has 0 bridgehead atoms. The first-order valence-corrected chi connectivity index (χ1v) is 7.39. The van der Waals surface area contributed by atoms with Gasteiger partial charge < -0.3 is 9.88 Å². The van der Waals surface area contributed by atoms with E-state index in [-0.39, 0.29) is 5.41 Å². The van der Waals surface area contributed by atoms with Gasteiger partial charge in [-0.05, 0) is 38.1 Å². The summed E-state index contributed by atoms with van der Waals surface area (Å²) in [6, 6.07) is 6.09. The molecule has 0 aliphatic carbocycles. The summed E-state index contributed by atoms with van der Waals surface area (Å²) in [6.07, 6.45) is 9.19. The maximum absolute atomic E-state index is 4.39. The van der Waals surface area contributed by atoms with Crippen molar-refractivity contribution in [3.8, 4) is 0 Å². The molecule has 106 valence electrons. The Hall–Kier alpha value is -1.68. The number of imidazole rings is 1. The maximum Gasteiger partial charge on any atom is 0.0948 e. The Labute approximate surface area is 120 Å². The maximum atomic E-state index is 4.39. The second-order valence-electron chi connectivity index (χ2n) is 5.85. The number of aryl methyl sites for hydroxylation is 2. The molecule has 0 unspecified atom stereocenters. The average Bonchev–Trinajstić information content (AvgIpc) is 2.96. The van der Waals surface area contributed by atoms with Crippen LogP contribution < -0.4 is 5.32 Å². The molecule has 20 heavy (non-hydrogen) atoms. The molecule has 3 rings (SSSR count). The summed E-state index contributed by atoms with van der Waals surface area (Å²) in [7, 11) is 0. The highest BCUT2D eigenvalue weighted by molar-refractivity contribution is 5.16.